The Balaban J connectivity index is 2.49. The number of nitrogens with zero attached hydrogens (tertiary/aromatic N) is 2. The molecule has 1 atom stereocenters. The second kappa shape index (κ2) is 2.07. The van der Waals surface area contributed by atoms with Crippen LogP contribution in [0.2, 0.25) is 0 Å². The van der Waals surface area contributed by atoms with Crippen LogP contribution in [0, 0.1) is 0 Å². The summed E-state index contributed by atoms with van der Waals surface area (Å²) in [5.74, 6) is 0. The number of hydrogen-bond acceptors (Lipinski definition) is 3. The third kappa shape index (κ3) is 1.27. The standard InChI is InChI=1S/C3H3BrN2O/c4-3-1-5-6-2-7-3/h1-3H. The fourth-order valence-electron chi connectivity index (χ4n) is 0.239. The molecule has 4 heteroatoms. The Labute approximate surface area is 49.2 Å². The Kier molecular flexibility index (Phi) is 1.41. The molecule has 0 amide bonds. The lowest BCUT2D eigenvalue weighted by Crippen LogP contribution is -2.06. The molecule has 0 aromatic rings. The van der Waals surface area contributed by atoms with Crippen molar-refractivity contribution < 1.29 is 4.74 Å². The van der Waals surface area contributed by atoms with Gasteiger partial charge >= 0.3 is 0 Å². The van der Waals surface area contributed by atoms with Gasteiger partial charge in [0.1, 0.15) is 0 Å². The first-order chi connectivity index (χ1) is 3.39. The lowest BCUT2D eigenvalue weighted by molar-refractivity contribution is 0.354. The van der Waals surface area contributed by atoms with Crippen molar-refractivity contribution in [2.75, 3.05) is 0 Å². The molecule has 0 saturated heterocycles. The van der Waals surface area contributed by atoms with Gasteiger partial charge in [-0.05, 0) is 15.9 Å². The molecule has 1 aliphatic rings. The summed E-state index contributed by atoms with van der Waals surface area (Å²) >= 11 is 3.13. The zero-order chi connectivity index (χ0) is 5.11. The minimum Gasteiger partial charge on any atom is -0.461 e. The molecule has 0 bridgehead atoms. The summed E-state index contributed by atoms with van der Waals surface area (Å²) in [5.41, 5.74) is 0. The molecule has 7 heavy (non-hydrogen) atoms. The highest BCUT2D eigenvalue weighted by molar-refractivity contribution is 9.09. The van der Waals surface area contributed by atoms with E-state index in [4.69, 9.17) is 4.74 Å². The molecule has 1 rings (SSSR count). The average molecular weight is 163 g/mol. The van der Waals surface area contributed by atoms with E-state index in [1.165, 1.54) is 6.40 Å². The highest BCUT2D eigenvalue weighted by atomic mass is 79.9. The molecule has 0 radical (unpaired) electrons. The highest BCUT2D eigenvalue weighted by Crippen LogP contribution is 1.98. The van der Waals surface area contributed by atoms with Gasteiger partial charge in [-0.3, -0.25) is 0 Å². The van der Waals surface area contributed by atoms with Crippen LogP contribution in [0.5, 0.6) is 0 Å². The molecule has 0 aromatic heterocycles. The third-order valence-corrected chi connectivity index (χ3v) is 0.941. The summed E-state index contributed by atoms with van der Waals surface area (Å²) in [7, 11) is 0. The number of ether oxygens (including phenoxy) is 1. The van der Waals surface area contributed by atoms with E-state index >= 15 is 0 Å². The molecule has 0 aliphatic carbocycles. The first-order valence-electron chi connectivity index (χ1n) is 1.74. The first kappa shape index (κ1) is 4.77. The van der Waals surface area contributed by atoms with E-state index in [-0.39, 0.29) is 5.01 Å². The Bertz CT molecular complexity index is 112. The lowest BCUT2D eigenvalue weighted by atomic mass is 10.8. The van der Waals surface area contributed by atoms with Crippen molar-refractivity contribution in [2.24, 2.45) is 10.2 Å². The minimum atomic E-state index is -0.0926. The van der Waals surface area contributed by atoms with Gasteiger partial charge in [0.2, 0.25) is 0 Å². The largest absolute Gasteiger partial charge is 0.461 e. The Morgan fingerprint density at radius 2 is 2.43 bits per heavy atom. The Morgan fingerprint density at radius 1 is 1.57 bits per heavy atom. The molecule has 0 N–H and O–H groups in total. The zero-order valence-corrected chi connectivity index (χ0v) is 5.00. The molecule has 0 fully saturated rings. The first-order valence-corrected chi connectivity index (χ1v) is 2.66. The van der Waals surface area contributed by atoms with Gasteiger partial charge in [0.25, 0.3) is 0 Å². The van der Waals surface area contributed by atoms with E-state index in [0.29, 0.717) is 0 Å². The maximum absolute atomic E-state index is 4.75. The monoisotopic (exact) mass is 162 g/mol. The van der Waals surface area contributed by atoms with Crippen molar-refractivity contribution >= 4 is 28.5 Å². The highest BCUT2D eigenvalue weighted by Gasteiger charge is 1.97. The number of rotatable bonds is 0. The van der Waals surface area contributed by atoms with Crippen LogP contribution in [0.3, 0.4) is 0 Å². The maximum atomic E-state index is 4.75. The van der Waals surface area contributed by atoms with Crippen LogP contribution < -0.4 is 0 Å². The molecular formula is C3H3BrN2O. The predicted octanol–water partition coefficient (Wildman–Crippen LogP) is 0.752. The van der Waals surface area contributed by atoms with Gasteiger partial charge in [-0.15, -0.1) is 5.10 Å². The quantitative estimate of drug-likeness (QED) is 0.485. The van der Waals surface area contributed by atoms with E-state index in [1.807, 2.05) is 0 Å². The van der Waals surface area contributed by atoms with Gasteiger partial charge < -0.3 is 4.74 Å². The number of hydrogen-bond donors (Lipinski definition) is 0. The van der Waals surface area contributed by atoms with Crippen LogP contribution in [0.1, 0.15) is 0 Å². The summed E-state index contributed by atoms with van der Waals surface area (Å²) in [6, 6.07) is 0. The fourth-order valence-corrected chi connectivity index (χ4v) is 0.441. The van der Waals surface area contributed by atoms with E-state index in [2.05, 4.69) is 26.1 Å². The van der Waals surface area contributed by atoms with Crippen molar-refractivity contribution in [2.45, 2.75) is 5.01 Å². The molecule has 1 unspecified atom stereocenters. The summed E-state index contributed by atoms with van der Waals surface area (Å²) < 4.78 is 4.75. The molecule has 38 valence electrons. The summed E-state index contributed by atoms with van der Waals surface area (Å²) in [4.78, 5) is 0. The smallest absolute Gasteiger partial charge is 0.197 e. The zero-order valence-electron chi connectivity index (χ0n) is 3.41. The second-order valence-corrected chi connectivity index (χ2v) is 1.88. The normalized spacial score (nSPS) is 27.3. The van der Waals surface area contributed by atoms with Crippen molar-refractivity contribution in [3.8, 4) is 0 Å². The Morgan fingerprint density at radius 3 is 2.71 bits per heavy atom. The van der Waals surface area contributed by atoms with Crippen molar-refractivity contribution in [1.29, 1.82) is 0 Å². The van der Waals surface area contributed by atoms with Gasteiger partial charge in [-0.1, -0.05) is 0 Å². The summed E-state index contributed by atoms with van der Waals surface area (Å²) in [5, 5.41) is 6.86. The summed E-state index contributed by atoms with van der Waals surface area (Å²) in [6.45, 7) is 0. The molecule has 0 spiro atoms. The molecule has 1 heterocycles. The Hall–Kier alpha value is -0.380. The fraction of sp³-hybridized carbons (Fsp3) is 0.333. The van der Waals surface area contributed by atoms with Crippen LogP contribution in [0.25, 0.3) is 0 Å². The number of alkyl halides is 1. The third-order valence-electron chi connectivity index (χ3n) is 0.489. The van der Waals surface area contributed by atoms with Crippen molar-refractivity contribution in [3.05, 3.63) is 0 Å². The molecule has 1 aliphatic heterocycles. The van der Waals surface area contributed by atoms with E-state index < -0.39 is 0 Å². The van der Waals surface area contributed by atoms with Gasteiger partial charge in [0.15, 0.2) is 11.4 Å². The predicted molar refractivity (Wildman–Crippen MR) is 30.8 cm³/mol. The van der Waals surface area contributed by atoms with Crippen LogP contribution in [0.4, 0.5) is 0 Å². The van der Waals surface area contributed by atoms with Gasteiger partial charge in [-0.25, -0.2) is 0 Å². The van der Waals surface area contributed by atoms with Gasteiger partial charge in [0.05, 0.1) is 6.21 Å². The second-order valence-electron chi connectivity index (χ2n) is 0.973. The number of halogens is 1. The van der Waals surface area contributed by atoms with Gasteiger partial charge in [0, 0.05) is 0 Å². The van der Waals surface area contributed by atoms with Crippen molar-refractivity contribution in [1.82, 2.24) is 0 Å². The minimum absolute atomic E-state index is 0.0926. The molecule has 3 nitrogen and oxygen atoms in total. The summed E-state index contributed by atoms with van der Waals surface area (Å²) in [6.07, 6.45) is 2.85. The maximum Gasteiger partial charge on any atom is 0.197 e. The SMILES string of the molecule is BrC1C=NN=CO1. The topological polar surface area (TPSA) is 34.0 Å². The average Bonchev–Trinajstić information content (AvgIpc) is 1.69. The molecule has 0 saturated carbocycles. The van der Waals surface area contributed by atoms with E-state index in [9.17, 15) is 0 Å². The van der Waals surface area contributed by atoms with Crippen LogP contribution >= 0.6 is 15.9 Å². The van der Waals surface area contributed by atoms with E-state index in [1.54, 1.807) is 6.21 Å². The van der Waals surface area contributed by atoms with Crippen molar-refractivity contribution in [3.63, 3.8) is 0 Å². The van der Waals surface area contributed by atoms with E-state index in [0.717, 1.165) is 0 Å². The molecular weight excluding hydrogens is 160 g/mol. The van der Waals surface area contributed by atoms with Crippen LogP contribution in [0.15, 0.2) is 10.2 Å². The lowest BCUT2D eigenvalue weighted by Gasteiger charge is -2.02. The van der Waals surface area contributed by atoms with Crippen LogP contribution in [-0.2, 0) is 4.74 Å². The van der Waals surface area contributed by atoms with Gasteiger partial charge in [-0.2, -0.15) is 5.10 Å². The van der Waals surface area contributed by atoms with Crippen LogP contribution in [-0.4, -0.2) is 17.6 Å². The molecule has 0 aromatic carbocycles.